The molecule has 1 heterocycles. The third-order valence-corrected chi connectivity index (χ3v) is 3.80. The van der Waals surface area contributed by atoms with Gasteiger partial charge in [-0.05, 0) is 42.1 Å². The van der Waals surface area contributed by atoms with Crippen LogP contribution < -0.4 is 10.9 Å². The number of nitrogens with one attached hydrogen (secondary N) is 2. The molecule has 0 saturated carbocycles. The fourth-order valence-electron chi connectivity index (χ4n) is 2.54. The summed E-state index contributed by atoms with van der Waals surface area (Å²) in [6.45, 7) is 1.34. The Kier molecular flexibility index (Phi) is 4.08. The van der Waals surface area contributed by atoms with Crippen molar-refractivity contribution >= 4 is 22.4 Å². The molecule has 0 saturated heterocycles. The van der Waals surface area contributed by atoms with Gasteiger partial charge in [-0.2, -0.15) is 13.2 Å². The lowest BCUT2D eigenvalue weighted by Crippen LogP contribution is -2.19. The second kappa shape index (κ2) is 6.08. The fourth-order valence-corrected chi connectivity index (χ4v) is 2.54. The lowest BCUT2D eigenvalue weighted by Gasteiger charge is -2.13. The molecule has 2 aromatic carbocycles. The quantitative estimate of drug-likeness (QED) is 0.734. The number of amides is 1. The fraction of sp³-hybridized carbons (Fsp3) is 0.111. The van der Waals surface area contributed by atoms with Crippen LogP contribution in [0.15, 0.2) is 53.3 Å². The van der Waals surface area contributed by atoms with E-state index in [2.05, 4.69) is 10.3 Å². The van der Waals surface area contributed by atoms with E-state index in [1.807, 2.05) is 0 Å². The number of anilines is 1. The van der Waals surface area contributed by atoms with Crippen LogP contribution in [0.4, 0.5) is 18.9 Å². The normalized spacial score (nSPS) is 11.5. The van der Waals surface area contributed by atoms with Crippen LogP contribution in [0.25, 0.3) is 10.8 Å². The smallest absolute Gasteiger partial charge is 0.321 e. The largest absolute Gasteiger partial charge is 0.416 e. The van der Waals surface area contributed by atoms with Gasteiger partial charge in [-0.1, -0.05) is 24.3 Å². The molecule has 1 aromatic heterocycles. The van der Waals surface area contributed by atoms with Crippen LogP contribution in [-0.4, -0.2) is 10.9 Å². The third kappa shape index (κ3) is 3.40. The molecule has 0 radical (unpaired) electrons. The second-order valence-electron chi connectivity index (χ2n) is 5.58. The van der Waals surface area contributed by atoms with Gasteiger partial charge in [0.05, 0.1) is 5.56 Å². The van der Waals surface area contributed by atoms with Crippen LogP contribution in [-0.2, 0) is 6.18 Å². The van der Waals surface area contributed by atoms with Gasteiger partial charge in [-0.15, -0.1) is 0 Å². The van der Waals surface area contributed by atoms with Gasteiger partial charge in [-0.25, -0.2) is 0 Å². The lowest BCUT2D eigenvalue weighted by molar-refractivity contribution is -0.138. The topological polar surface area (TPSA) is 62.0 Å². The maximum Gasteiger partial charge on any atom is 0.416 e. The average molecular weight is 346 g/mol. The van der Waals surface area contributed by atoms with E-state index in [1.54, 1.807) is 24.3 Å². The number of fused-ring (bicyclic) bond motifs is 1. The van der Waals surface area contributed by atoms with E-state index >= 15 is 0 Å². The summed E-state index contributed by atoms with van der Waals surface area (Å²) in [4.78, 5) is 26.7. The summed E-state index contributed by atoms with van der Waals surface area (Å²) in [5.41, 5.74) is -1.24. The van der Waals surface area contributed by atoms with Gasteiger partial charge in [0, 0.05) is 11.1 Å². The minimum absolute atomic E-state index is 0.00284. The number of hydrogen-bond acceptors (Lipinski definition) is 2. The molecule has 2 N–H and O–H groups in total. The number of rotatable bonds is 2. The van der Waals surface area contributed by atoms with E-state index in [9.17, 15) is 22.8 Å². The van der Waals surface area contributed by atoms with Crippen molar-refractivity contribution in [2.75, 3.05) is 5.32 Å². The first kappa shape index (κ1) is 16.8. The molecule has 0 bridgehead atoms. The molecule has 0 aliphatic heterocycles. The molecule has 128 valence electrons. The molecule has 7 heteroatoms. The first-order chi connectivity index (χ1) is 11.8. The number of carbonyl (C=O) groups is 1. The summed E-state index contributed by atoms with van der Waals surface area (Å²) < 4.78 is 38.9. The monoisotopic (exact) mass is 346 g/mol. The summed E-state index contributed by atoms with van der Waals surface area (Å²) in [7, 11) is 0. The number of hydrogen-bond donors (Lipinski definition) is 2. The van der Waals surface area contributed by atoms with E-state index in [-0.39, 0.29) is 16.9 Å². The zero-order valence-electron chi connectivity index (χ0n) is 13.1. The Labute approximate surface area is 140 Å². The molecule has 0 fully saturated rings. The molecular weight excluding hydrogens is 333 g/mol. The van der Waals surface area contributed by atoms with Crippen molar-refractivity contribution in [3.8, 4) is 0 Å². The van der Waals surface area contributed by atoms with Gasteiger partial charge in [-0.3, -0.25) is 9.59 Å². The van der Waals surface area contributed by atoms with Crippen LogP contribution in [0.5, 0.6) is 0 Å². The molecule has 3 rings (SSSR count). The van der Waals surface area contributed by atoms with Crippen molar-refractivity contribution in [1.82, 2.24) is 4.98 Å². The molecular formula is C18H13F3N2O2. The number of aromatic nitrogens is 1. The minimum atomic E-state index is -4.51. The number of alkyl halides is 3. The molecule has 0 spiro atoms. The number of halogens is 3. The van der Waals surface area contributed by atoms with Crippen molar-refractivity contribution in [3.05, 3.63) is 75.7 Å². The molecule has 0 aliphatic carbocycles. The summed E-state index contributed by atoms with van der Waals surface area (Å²) in [5.74, 6) is -0.695. The van der Waals surface area contributed by atoms with E-state index in [0.29, 0.717) is 10.8 Å². The second-order valence-corrected chi connectivity index (χ2v) is 5.58. The Morgan fingerprint density at radius 3 is 2.52 bits per heavy atom. The lowest BCUT2D eigenvalue weighted by atomic mass is 10.1. The number of aromatic amines is 1. The Morgan fingerprint density at radius 1 is 1.08 bits per heavy atom. The van der Waals surface area contributed by atoms with E-state index < -0.39 is 23.2 Å². The highest BCUT2D eigenvalue weighted by Gasteiger charge is 2.32. The van der Waals surface area contributed by atoms with Crippen molar-refractivity contribution in [1.29, 1.82) is 0 Å². The van der Waals surface area contributed by atoms with Crippen molar-refractivity contribution in [2.45, 2.75) is 13.1 Å². The molecule has 1 amide bonds. The Bertz CT molecular complexity index is 1020. The van der Waals surface area contributed by atoms with Gasteiger partial charge < -0.3 is 10.3 Å². The van der Waals surface area contributed by atoms with Gasteiger partial charge in [0.2, 0.25) is 0 Å². The van der Waals surface area contributed by atoms with Crippen molar-refractivity contribution in [2.24, 2.45) is 0 Å². The average Bonchev–Trinajstić information content (AvgIpc) is 2.55. The Hall–Kier alpha value is -3.09. The van der Waals surface area contributed by atoms with Crippen molar-refractivity contribution in [3.63, 3.8) is 0 Å². The highest BCUT2D eigenvalue weighted by molar-refractivity contribution is 6.04. The highest BCUT2D eigenvalue weighted by Crippen LogP contribution is 2.33. The van der Waals surface area contributed by atoms with Crippen LogP contribution in [0.2, 0.25) is 0 Å². The molecule has 0 unspecified atom stereocenters. The highest BCUT2D eigenvalue weighted by atomic mass is 19.4. The Morgan fingerprint density at radius 2 is 1.80 bits per heavy atom. The summed E-state index contributed by atoms with van der Waals surface area (Å²) in [6, 6.07) is 11.7. The number of carbonyl (C=O) groups excluding carboxylic acids is 1. The maximum absolute atomic E-state index is 13.0. The summed E-state index contributed by atoms with van der Waals surface area (Å²) in [6.07, 6.45) is -4.51. The summed E-state index contributed by atoms with van der Waals surface area (Å²) >= 11 is 0. The molecule has 3 aromatic rings. The number of benzene rings is 2. The molecule has 25 heavy (non-hydrogen) atoms. The first-order valence-corrected chi connectivity index (χ1v) is 7.37. The predicted octanol–water partition coefficient (Wildman–Crippen LogP) is 4.11. The van der Waals surface area contributed by atoms with Gasteiger partial charge in [0.1, 0.15) is 5.69 Å². The van der Waals surface area contributed by atoms with Gasteiger partial charge in [0.25, 0.3) is 11.5 Å². The van der Waals surface area contributed by atoms with Crippen LogP contribution in [0.1, 0.15) is 21.6 Å². The maximum atomic E-state index is 13.0. The zero-order chi connectivity index (χ0) is 18.2. The van der Waals surface area contributed by atoms with Crippen LogP contribution in [0.3, 0.4) is 0 Å². The first-order valence-electron chi connectivity index (χ1n) is 7.37. The van der Waals surface area contributed by atoms with Crippen molar-refractivity contribution < 1.29 is 18.0 Å². The Balaban J connectivity index is 1.94. The van der Waals surface area contributed by atoms with E-state index in [1.165, 1.54) is 25.1 Å². The molecule has 0 aliphatic rings. The molecule has 4 nitrogen and oxygen atoms in total. The summed E-state index contributed by atoms with van der Waals surface area (Å²) in [5, 5.41) is 3.37. The zero-order valence-corrected chi connectivity index (χ0v) is 13.1. The molecule has 0 atom stereocenters. The predicted molar refractivity (Wildman–Crippen MR) is 88.7 cm³/mol. The van der Waals surface area contributed by atoms with E-state index in [0.717, 1.165) is 6.07 Å². The van der Waals surface area contributed by atoms with Gasteiger partial charge >= 0.3 is 6.18 Å². The number of aryl methyl sites for hydroxylation is 1. The number of pyridine rings is 1. The number of H-pyrrole nitrogens is 1. The third-order valence-electron chi connectivity index (χ3n) is 3.80. The van der Waals surface area contributed by atoms with E-state index in [4.69, 9.17) is 0 Å². The SMILES string of the molecule is Cc1ccc(NC(=O)c2cc3ccccc3c(=O)[nH]2)cc1C(F)(F)F. The minimum Gasteiger partial charge on any atom is -0.321 e. The van der Waals surface area contributed by atoms with Crippen LogP contribution >= 0.6 is 0 Å². The van der Waals surface area contributed by atoms with Crippen LogP contribution in [0, 0.1) is 6.92 Å². The standard InChI is InChI=1S/C18H13F3N2O2/c1-10-6-7-12(9-14(10)18(19,20)21)22-17(25)15-8-11-4-2-3-5-13(11)16(24)23-15/h2-9H,1H3,(H,22,25)(H,23,24). The van der Waals surface area contributed by atoms with Gasteiger partial charge in [0.15, 0.2) is 0 Å².